The van der Waals surface area contributed by atoms with Crippen molar-refractivity contribution in [2.24, 2.45) is 10.3 Å². The highest BCUT2D eigenvalue weighted by Crippen LogP contribution is 2.33. The van der Waals surface area contributed by atoms with Gasteiger partial charge in [0.15, 0.2) is 12.1 Å². The first-order valence-electron chi connectivity index (χ1n) is 9.92. The van der Waals surface area contributed by atoms with Crippen LogP contribution in [0.1, 0.15) is 12.8 Å². The molecule has 3 aromatic rings. The number of halogens is 1. The van der Waals surface area contributed by atoms with Crippen molar-refractivity contribution in [3.05, 3.63) is 59.4 Å². The summed E-state index contributed by atoms with van der Waals surface area (Å²) >= 11 is 6.19. The average molecular weight is 453 g/mol. The fourth-order valence-electron chi connectivity index (χ4n) is 3.68. The van der Waals surface area contributed by atoms with Crippen molar-refractivity contribution in [1.82, 2.24) is 15.1 Å². The minimum atomic E-state index is -0.917. The molecule has 10 nitrogen and oxygen atoms in total. The van der Waals surface area contributed by atoms with Crippen LogP contribution in [0.3, 0.4) is 0 Å². The van der Waals surface area contributed by atoms with Gasteiger partial charge in [-0.05, 0) is 43.3 Å². The predicted octanol–water partition coefficient (Wildman–Crippen LogP) is 3.28. The molecule has 1 saturated heterocycles. The molecule has 2 aromatic carbocycles. The van der Waals surface area contributed by atoms with E-state index in [2.05, 4.69) is 20.5 Å². The lowest BCUT2D eigenvalue weighted by molar-refractivity contribution is -0.123. The molecule has 2 amide bonds. The Balaban J connectivity index is 1.34. The Bertz CT molecular complexity index is 1210. The molecule has 0 N–H and O–H groups in total. The third kappa shape index (κ3) is 3.38. The molecule has 5 rings (SSSR count). The molecule has 1 aromatic heterocycles. The number of ether oxygens (including phenoxy) is 1. The second kappa shape index (κ2) is 8.04. The number of benzene rings is 2. The number of carbonyl (C=O) groups excluding carboxylic acids is 2. The maximum absolute atomic E-state index is 13.1. The molecule has 0 unspecified atom stereocenters. The summed E-state index contributed by atoms with van der Waals surface area (Å²) in [5.74, 6) is 0.350. The molecule has 0 radical (unpaired) electrons. The van der Waals surface area contributed by atoms with E-state index in [0.717, 1.165) is 4.90 Å². The smallest absolute Gasteiger partial charge is 0.263 e. The minimum absolute atomic E-state index is 0.0260. The molecule has 3 heterocycles. The van der Waals surface area contributed by atoms with E-state index in [1.54, 1.807) is 42.5 Å². The van der Waals surface area contributed by atoms with Gasteiger partial charge in [0.1, 0.15) is 12.3 Å². The molecule has 11 heteroatoms. The molecule has 0 spiro atoms. The molecule has 1 fully saturated rings. The lowest BCUT2D eigenvalue weighted by atomic mass is 10.1. The van der Waals surface area contributed by atoms with Gasteiger partial charge in [-0.1, -0.05) is 34.1 Å². The topological polar surface area (TPSA) is 113 Å². The Morgan fingerprint density at radius 2 is 1.88 bits per heavy atom. The van der Waals surface area contributed by atoms with E-state index in [9.17, 15) is 9.59 Å². The van der Waals surface area contributed by atoms with Crippen molar-refractivity contribution in [3.8, 4) is 17.1 Å². The normalized spacial score (nSPS) is 19.7. The van der Waals surface area contributed by atoms with E-state index in [0.29, 0.717) is 34.5 Å². The molecular formula is C21H17ClN6O4. The standard InChI is InChI=1S/C21H17ClN6O4/c1-2-31-13-9-7-12(8-10-13)28-20(29)17-18(21(28)30)27(26-24-17)11-16-23-19(25-32-16)14-5-3-4-6-15(14)22/h3-10,17-18H,2,11H2,1H3/t17-,18-/m0/s1. The highest BCUT2D eigenvalue weighted by Gasteiger charge is 2.55. The molecule has 32 heavy (non-hydrogen) atoms. The Morgan fingerprint density at radius 3 is 2.62 bits per heavy atom. The van der Waals surface area contributed by atoms with Gasteiger partial charge >= 0.3 is 0 Å². The number of aromatic nitrogens is 2. The van der Waals surface area contributed by atoms with Crippen LogP contribution in [0.5, 0.6) is 5.75 Å². The van der Waals surface area contributed by atoms with Gasteiger partial charge in [0.25, 0.3) is 11.8 Å². The number of rotatable bonds is 6. The van der Waals surface area contributed by atoms with Crippen LogP contribution < -0.4 is 9.64 Å². The summed E-state index contributed by atoms with van der Waals surface area (Å²) in [6, 6.07) is 12.1. The molecule has 162 valence electrons. The van der Waals surface area contributed by atoms with E-state index < -0.39 is 23.9 Å². The molecule has 2 atom stereocenters. The number of hydrogen-bond acceptors (Lipinski definition) is 9. The lowest BCUT2D eigenvalue weighted by Crippen LogP contribution is -2.39. The predicted molar refractivity (Wildman–Crippen MR) is 113 cm³/mol. The summed E-state index contributed by atoms with van der Waals surface area (Å²) in [7, 11) is 0. The molecule has 0 aliphatic carbocycles. The Kier molecular flexibility index (Phi) is 5.06. The first-order valence-corrected chi connectivity index (χ1v) is 10.3. The SMILES string of the molecule is CCOc1ccc(N2C(=O)[C@H]3N=NN(Cc4nc(-c5ccccc5Cl)no4)[C@@H]3C2=O)cc1. The molecule has 2 aliphatic rings. The van der Waals surface area contributed by atoms with Crippen LogP contribution in [0, 0.1) is 0 Å². The monoisotopic (exact) mass is 452 g/mol. The van der Waals surface area contributed by atoms with Gasteiger partial charge in [-0.15, -0.1) is 0 Å². The number of fused-ring (bicyclic) bond motifs is 1. The number of nitrogens with zero attached hydrogens (tertiary/aromatic N) is 6. The van der Waals surface area contributed by atoms with E-state index in [-0.39, 0.29) is 12.4 Å². The zero-order chi connectivity index (χ0) is 22.2. The average Bonchev–Trinajstić information content (AvgIpc) is 3.48. The van der Waals surface area contributed by atoms with Crippen LogP contribution in [0.25, 0.3) is 11.4 Å². The molecule has 0 bridgehead atoms. The van der Waals surface area contributed by atoms with Crippen LogP contribution in [0.15, 0.2) is 63.4 Å². The zero-order valence-corrected chi connectivity index (χ0v) is 17.6. The van der Waals surface area contributed by atoms with Crippen molar-refractivity contribution < 1.29 is 18.8 Å². The van der Waals surface area contributed by atoms with Gasteiger partial charge in [-0.25, -0.2) is 4.90 Å². The summed E-state index contributed by atoms with van der Waals surface area (Å²) in [5, 5.41) is 13.8. The fourth-order valence-corrected chi connectivity index (χ4v) is 3.90. The van der Waals surface area contributed by atoms with Crippen LogP contribution in [0.2, 0.25) is 5.02 Å². The highest BCUT2D eigenvalue weighted by atomic mass is 35.5. The van der Waals surface area contributed by atoms with Crippen LogP contribution in [-0.4, -0.2) is 45.7 Å². The van der Waals surface area contributed by atoms with E-state index in [4.69, 9.17) is 20.9 Å². The highest BCUT2D eigenvalue weighted by molar-refractivity contribution is 6.33. The molecule has 0 saturated carbocycles. The number of carbonyl (C=O) groups is 2. The van der Waals surface area contributed by atoms with Gasteiger partial charge in [-0.3, -0.25) is 14.6 Å². The van der Waals surface area contributed by atoms with Crippen molar-refractivity contribution in [1.29, 1.82) is 0 Å². The summed E-state index contributed by atoms with van der Waals surface area (Å²) in [6.07, 6.45) is 0. The number of imide groups is 1. The summed E-state index contributed by atoms with van der Waals surface area (Å²) in [4.78, 5) is 31.4. The quantitative estimate of drug-likeness (QED) is 0.527. The Morgan fingerprint density at radius 1 is 1.09 bits per heavy atom. The largest absolute Gasteiger partial charge is 0.494 e. The van der Waals surface area contributed by atoms with Gasteiger partial charge in [0.05, 0.1) is 17.3 Å². The second-order valence-electron chi connectivity index (χ2n) is 7.12. The van der Waals surface area contributed by atoms with Crippen molar-refractivity contribution >= 4 is 29.1 Å². The van der Waals surface area contributed by atoms with Crippen molar-refractivity contribution in [2.45, 2.75) is 25.6 Å². The first-order chi connectivity index (χ1) is 15.6. The maximum atomic E-state index is 13.1. The Labute approximate surface area is 187 Å². The van der Waals surface area contributed by atoms with Gasteiger partial charge < -0.3 is 9.26 Å². The summed E-state index contributed by atoms with van der Waals surface area (Å²) in [6.45, 7) is 2.43. The van der Waals surface area contributed by atoms with Crippen LogP contribution in [0.4, 0.5) is 5.69 Å². The van der Waals surface area contributed by atoms with Crippen molar-refractivity contribution in [2.75, 3.05) is 11.5 Å². The molecular weight excluding hydrogens is 436 g/mol. The lowest BCUT2D eigenvalue weighted by Gasteiger charge is -2.19. The number of amides is 2. The van der Waals surface area contributed by atoms with E-state index >= 15 is 0 Å². The van der Waals surface area contributed by atoms with Crippen LogP contribution >= 0.6 is 11.6 Å². The third-order valence-corrected chi connectivity index (χ3v) is 5.47. The zero-order valence-electron chi connectivity index (χ0n) is 16.9. The van der Waals surface area contributed by atoms with E-state index in [1.807, 2.05) is 13.0 Å². The van der Waals surface area contributed by atoms with Gasteiger partial charge in [0, 0.05) is 5.56 Å². The number of anilines is 1. The second-order valence-corrected chi connectivity index (χ2v) is 7.53. The number of hydrogen-bond donors (Lipinski definition) is 0. The summed E-state index contributed by atoms with van der Waals surface area (Å²) in [5.41, 5.74) is 1.07. The Hall–Kier alpha value is -3.79. The third-order valence-electron chi connectivity index (χ3n) is 5.14. The fraction of sp³-hybridized carbons (Fsp3) is 0.238. The van der Waals surface area contributed by atoms with Crippen LogP contribution in [-0.2, 0) is 16.1 Å². The molecule has 2 aliphatic heterocycles. The van der Waals surface area contributed by atoms with E-state index in [1.165, 1.54) is 5.01 Å². The minimum Gasteiger partial charge on any atom is -0.494 e. The van der Waals surface area contributed by atoms with Gasteiger partial charge in [0.2, 0.25) is 11.7 Å². The first kappa shape index (κ1) is 20.1. The van der Waals surface area contributed by atoms with Crippen molar-refractivity contribution in [3.63, 3.8) is 0 Å². The van der Waals surface area contributed by atoms with Gasteiger partial charge in [-0.2, -0.15) is 10.1 Å². The summed E-state index contributed by atoms with van der Waals surface area (Å²) < 4.78 is 10.7. The maximum Gasteiger partial charge on any atom is 0.263 e.